The number of nitrogens with one attached hydrogen (secondary N) is 2. The Balaban J connectivity index is 1.44. The van der Waals surface area contributed by atoms with Gasteiger partial charge < -0.3 is 10.3 Å². The number of piperidine rings is 1. The summed E-state index contributed by atoms with van der Waals surface area (Å²) in [7, 11) is 0. The molecule has 1 aliphatic heterocycles. The maximum atomic E-state index is 4.36. The molecule has 0 aliphatic carbocycles. The van der Waals surface area contributed by atoms with Crippen molar-refractivity contribution < 1.29 is 0 Å². The van der Waals surface area contributed by atoms with Crippen LogP contribution in [0.3, 0.4) is 0 Å². The standard InChI is InChI=1S/C19H22N4/c1-2-5-15(6-3-1)13-23-12-4-7-16(14-23)22-18-9-11-21-19-17(18)8-10-20-19/h1-3,5-6,8-11,16H,4,7,12-14H2,(H2,20,21,22). The SMILES string of the molecule is c1ccc(CN2CCCC(Nc3ccnc4[nH]ccc34)C2)cc1. The van der Waals surface area contributed by atoms with E-state index in [9.17, 15) is 0 Å². The molecule has 118 valence electrons. The van der Waals surface area contributed by atoms with Gasteiger partial charge in [-0.2, -0.15) is 0 Å². The van der Waals surface area contributed by atoms with Crippen molar-refractivity contribution in [3.05, 3.63) is 60.4 Å². The molecule has 0 saturated carbocycles. The number of hydrogen-bond acceptors (Lipinski definition) is 3. The van der Waals surface area contributed by atoms with Crippen LogP contribution in [0.15, 0.2) is 54.9 Å². The van der Waals surface area contributed by atoms with Crippen LogP contribution in [0, 0.1) is 0 Å². The molecule has 1 aliphatic rings. The highest BCUT2D eigenvalue weighted by Crippen LogP contribution is 2.23. The van der Waals surface area contributed by atoms with Crippen molar-refractivity contribution in [2.24, 2.45) is 0 Å². The minimum Gasteiger partial charge on any atom is -0.380 e. The van der Waals surface area contributed by atoms with Crippen LogP contribution in [0.5, 0.6) is 0 Å². The first kappa shape index (κ1) is 14.3. The molecule has 0 bridgehead atoms. The van der Waals surface area contributed by atoms with Gasteiger partial charge in [-0.3, -0.25) is 4.90 Å². The van der Waals surface area contributed by atoms with E-state index in [4.69, 9.17) is 0 Å². The molecule has 2 N–H and O–H groups in total. The van der Waals surface area contributed by atoms with Crippen molar-refractivity contribution in [3.8, 4) is 0 Å². The fraction of sp³-hybridized carbons (Fsp3) is 0.316. The smallest absolute Gasteiger partial charge is 0.139 e. The van der Waals surface area contributed by atoms with E-state index in [1.165, 1.54) is 36.0 Å². The average Bonchev–Trinajstić information content (AvgIpc) is 3.06. The molecule has 0 spiro atoms. The lowest BCUT2D eigenvalue weighted by atomic mass is 10.0. The van der Waals surface area contributed by atoms with Gasteiger partial charge in [0.15, 0.2) is 0 Å². The predicted molar refractivity (Wildman–Crippen MR) is 94.5 cm³/mol. The van der Waals surface area contributed by atoms with E-state index in [1.807, 2.05) is 12.4 Å². The Morgan fingerprint density at radius 3 is 3.00 bits per heavy atom. The number of aromatic amines is 1. The number of H-pyrrole nitrogens is 1. The Hall–Kier alpha value is -2.33. The van der Waals surface area contributed by atoms with Crippen LogP contribution in [0.4, 0.5) is 5.69 Å². The first-order valence-corrected chi connectivity index (χ1v) is 8.33. The second-order valence-corrected chi connectivity index (χ2v) is 6.30. The molecule has 0 amide bonds. The van der Waals surface area contributed by atoms with E-state index in [0.29, 0.717) is 6.04 Å². The first-order chi connectivity index (χ1) is 11.4. The first-order valence-electron chi connectivity index (χ1n) is 8.33. The van der Waals surface area contributed by atoms with Crippen molar-refractivity contribution in [3.63, 3.8) is 0 Å². The average molecular weight is 306 g/mol. The monoisotopic (exact) mass is 306 g/mol. The molecule has 4 heteroatoms. The number of nitrogens with zero attached hydrogens (tertiary/aromatic N) is 2. The van der Waals surface area contributed by atoms with E-state index in [0.717, 1.165) is 18.7 Å². The van der Waals surface area contributed by atoms with Crippen LogP contribution in [-0.4, -0.2) is 34.0 Å². The molecule has 3 aromatic rings. The normalized spacial score (nSPS) is 19.0. The molecule has 2 aromatic heterocycles. The Kier molecular flexibility index (Phi) is 3.99. The predicted octanol–water partition coefficient (Wildman–Crippen LogP) is 3.64. The zero-order chi connectivity index (χ0) is 15.5. The molecule has 3 heterocycles. The fourth-order valence-corrected chi connectivity index (χ4v) is 3.47. The number of anilines is 1. The largest absolute Gasteiger partial charge is 0.380 e. The summed E-state index contributed by atoms with van der Waals surface area (Å²) in [6.07, 6.45) is 6.28. The van der Waals surface area contributed by atoms with Gasteiger partial charge in [0.2, 0.25) is 0 Å². The van der Waals surface area contributed by atoms with Gasteiger partial charge in [-0.05, 0) is 37.1 Å². The Morgan fingerprint density at radius 1 is 1.17 bits per heavy atom. The van der Waals surface area contributed by atoms with Gasteiger partial charge in [0.05, 0.1) is 0 Å². The van der Waals surface area contributed by atoms with Gasteiger partial charge in [-0.25, -0.2) is 4.98 Å². The molecule has 1 fully saturated rings. The molecule has 1 saturated heterocycles. The number of likely N-dealkylation sites (tertiary alicyclic amines) is 1. The number of rotatable bonds is 4. The molecule has 23 heavy (non-hydrogen) atoms. The summed E-state index contributed by atoms with van der Waals surface area (Å²) >= 11 is 0. The highest BCUT2D eigenvalue weighted by atomic mass is 15.2. The minimum absolute atomic E-state index is 0.493. The quantitative estimate of drug-likeness (QED) is 0.773. The zero-order valence-corrected chi connectivity index (χ0v) is 13.2. The molecule has 1 aromatic carbocycles. The second-order valence-electron chi connectivity index (χ2n) is 6.30. The van der Waals surface area contributed by atoms with Crippen LogP contribution >= 0.6 is 0 Å². The Bertz CT molecular complexity index is 765. The molecule has 4 rings (SSSR count). The molecule has 0 radical (unpaired) electrons. The highest BCUT2D eigenvalue weighted by Gasteiger charge is 2.20. The van der Waals surface area contributed by atoms with Crippen LogP contribution in [0.1, 0.15) is 18.4 Å². The van der Waals surface area contributed by atoms with E-state index < -0.39 is 0 Å². The molecular formula is C19H22N4. The molecular weight excluding hydrogens is 284 g/mol. The summed E-state index contributed by atoms with van der Waals surface area (Å²) in [5.74, 6) is 0. The maximum absolute atomic E-state index is 4.36. The summed E-state index contributed by atoms with van der Waals surface area (Å²) in [5.41, 5.74) is 3.53. The van der Waals surface area contributed by atoms with Crippen molar-refractivity contribution in [2.45, 2.75) is 25.4 Å². The van der Waals surface area contributed by atoms with Crippen molar-refractivity contribution in [1.29, 1.82) is 0 Å². The summed E-state index contributed by atoms with van der Waals surface area (Å²) in [5, 5.41) is 4.90. The Morgan fingerprint density at radius 2 is 2.09 bits per heavy atom. The highest BCUT2D eigenvalue weighted by molar-refractivity contribution is 5.89. The third-order valence-corrected chi connectivity index (χ3v) is 4.57. The number of aromatic nitrogens is 2. The van der Waals surface area contributed by atoms with Gasteiger partial charge in [-0.1, -0.05) is 30.3 Å². The van der Waals surface area contributed by atoms with Crippen LogP contribution in [0.2, 0.25) is 0 Å². The maximum Gasteiger partial charge on any atom is 0.139 e. The number of benzene rings is 1. The third-order valence-electron chi connectivity index (χ3n) is 4.57. The van der Waals surface area contributed by atoms with E-state index in [1.54, 1.807) is 0 Å². The van der Waals surface area contributed by atoms with Gasteiger partial charge in [0.1, 0.15) is 5.65 Å². The summed E-state index contributed by atoms with van der Waals surface area (Å²) in [6, 6.07) is 15.4. The van der Waals surface area contributed by atoms with Crippen molar-refractivity contribution >= 4 is 16.7 Å². The van der Waals surface area contributed by atoms with E-state index >= 15 is 0 Å². The van der Waals surface area contributed by atoms with Crippen molar-refractivity contribution in [2.75, 3.05) is 18.4 Å². The van der Waals surface area contributed by atoms with Crippen LogP contribution < -0.4 is 5.32 Å². The number of pyridine rings is 1. The lowest BCUT2D eigenvalue weighted by Crippen LogP contribution is -2.41. The van der Waals surface area contributed by atoms with Gasteiger partial charge in [0.25, 0.3) is 0 Å². The molecule has 4 nitrogen and oxygen atoms in total. The topological polar surface area (TPSA) is 44.0 Å². The fourth-order valence-electron chi connectivity index (χ4n) is 3.47. The number of hydrogen-bond donors (Lipinski definition) is 2. The van der Waals surface area contributed by atoms with Gasteiger partial charge in [0, 0.05) is 42.6 Å². The second kappa shape index (κ2) is 6.42. The van der Waals surface area contributed by atoms with E-state index in [2.05, 4.69) is 62.6 Å². The third kappa shape index (κ3) is 3.22. The minimum atomic E-state index is 0.493. The lowest BCUT2D eigenvalue weighted by molar-refractivity contribution is 0.208. The van der Waals surface area contributed by atoms with Crippen LogP contribution in [-0.2, 0) is 6.54 Å². The zero-order valence-electron chi connectivity index (χ0n) is 13.2. The van der Waals surface area contributed by atoms with Gasteiger partial charge in [-0.15, -0.1) is 0 Å². The molecule has 1 atom stereocenters. The summed E-state index contributed by atoms with van der Waals surface area (Å²) in [6.45, 7) is 3.31. The van der Waals surface area contributed by atoms with E-state index in [-0.39, 0.29) is 0 Å². The molecule has 1 unspecified atom stereocenters. The lowest BCUT2D eigenvalue weighted by Gasteiger charge is -2.33. The summed E-state index contributed by atoms with van der Waals surface area (Å²) in [4.78, 5) is 10.1. The Labute approximate surface area is 136 Å². The summed E-state index contributed by atoms with van der Waals surface area (Å²) < 4.78 is 0. The van der Waals surface area contributed by atoms with Crippen LogP contribution in [0.25, 0.3) is 11.0 Å². The van der Waals surface area contributed by atoms with Crippen molar-refractivity contribution in [1.82, 2.24) is 14.9 Å². The van der Waals surface area contributed by atoms with Gasteiger partial charge >= 0.3 is 0 Å². The number of fused-ring (bicyclic) bond motifs is 1.